The Kier molecular flexibility index (Phi) is 5.22. The molecule has 0 saturated carbocycles. The number of likely N-dealkylation sites (N-methyl/N-ethyl adjacent to an activating group) is 1. The fourth-order valence-corrected chi connectivity index (χ4v) is 3.58. The van der Waals surface area contributed by atoms with Crippen LogP contribution in [0.15, 0.2) is 12.4 Å². The van der Waals surface area contributed by atoms with E-state index in [1.807, 2.05) is 6.20 Å². The Labute approximate surface area is 123 Å². The summed E-state index contributed by atoms with van der Waals surface area (Å²) in [5, 5.41) is 3.54. The van der Waals surface area contributed by atoms with Crippen molar-refractivity contribution in [3.63, 3.8) is 0 Å². The van der Waals surface area contributed by atoms with E-state index in [0.717, 1.165) is 13.0 Å². The van der Waals surface area contributed by atoms with Gasteiger partial charge in [0.25, 0.3) is 0 Å². The van der Waals surface area contributed by atoms with Gasteiger partial charge in [0, 0.05) is 24.5 Å². The van der Waals surface area contributed by atoms with Gasteiger partial charge in [0.15, 0.2) is 0 Å². The Morgan fingerprint density at radius 2 is 2.00 bits per heavy atom. The predicted molar refractivity (Wildman–Crippen MR) is 83.8 cm³/mol. The summed E-state index contributed by atoms with van der Waals surface area (Å²) in [5.41, 5.74) is 0.132. The van der Waals surface area contributed by atoms with E-state index in [-0.39, 0.29) is 11.6 Å². The van der Waals surface area contributed by atoms with Crippen molar-refractivity contribution in [1.29, 1.82) is 0 Å². The summed E-state index contributed by atoms with van der Waals surface area (Å²) >= 11 is 0. The van der Waals surface area contributed by atoms with Crippen LogP contribution in [0.5, 0.6) is 0 Å². The summed E-state index contributed by atoms with van der Waals surface area (Å²) in [4.78, 5) is 7.31. The number of rotatable bonds is 6. The van der Waals surface area contributed by atoms with Gasteiger partial charge in [-0.1, -0.05) is 13.3 Å². The lowest BCUT2D eigenvalue weighted by Crippen LogP contribution is -2.56. The average Bonchev–Trinajstić information content (AvgIpc) is 2.97. The maximum Gasteiger partial charge on any atom is 0.127 e. The lowest BCUT2D eigenvalue weighted by atomic mass is 9.85. The summed E-state index contributed by atoms with van der Waals surface area (Å²) in [5.74, 6) is 1.17. The van der Waals surface area contributed by atoms with Gasteiger partial charge in [-0.05, 0) is 53.2 Å². The first-order valence-corrected chi connectivity index (χ1v) is 8.10. The summed E-state index contributed by atoms with van der Waals surface area (Å²) in [6.45, 7) is 10.3. The molecule has 0 aromatic carbocycles. The van der Waals surface area contributed by atoms with Crippen molar-refractivity contribution in [3.05, 3.63) is 18.2 Å². The van der Waals surface area contributed by atoms with Crippen LogP contribution >= 0.6 is 0 Å². The number of nitrogens with one attached hydrogen (secondary N) is 1. The Balaban J connectivity index is 2.30. The van der Waals surface area contributed by atoms with Crippen molar-refractivity contribution in [2.75, 3.05) is 20.1 Å². The number of nitrogens with zero attached hydrogens (tertiary/aromatic N) is 3. The molecule has 2 atom stereocenters. The molecule has 114 valence electrons. The summed E-state index contributed by atoms with van der Waals surface area (Å²) in [6, 6.07) is 0.278. The van der Waals surface area contributed by atoms with Crippen LogP contribution in [0, 0.1) is 0 Å². The molecule has 0 amide bonds. The Bertz CT molecular complexity index is 408. The molecule has 2 rings (SSSR count). The van der Waals surface area contributed by atoms with E-state index in [0.29, 0.717) is 0 Å². The van der Waals surface area contributed by atoms with Crippen LogP contribution in [-0.4, -0.2) is 40.1 Å². The molecule has 1 aliphatic rings. The van der Waals surface area contributed by atoms with Gasteiger partial charge in [-0.3, -0.25) is 4.90 Å². The number of likely N-dealkylation sites (tertiary alicyclic amines) is 1. The van der Waals surface area contributed by atoms with Gasteiger partial charge < -0.3 is 9.88 Å². The van der Waals surface area contributed by atoms with Crippen LogP contribution in [0.1, 0.15) is 58.3 Å². The number of hydrogen-bond donors (Lipinski definition) is 1. The van der Waals surface area contributed by atoms with E-state index >= 15 is 0 Å². The van der Waals surface area contributed by atoms with Crippen LogP contribution in [0.2, 0.25) is 0 Å². The van der Waals surface area contributed by atoms with E-state index in [9.17, 15) is 0 Å². The molecule has 0 radical (unpaired) electrons. The van der Waals surface area contributed by atoms with Crippen molar-refractivity contribution in [2.45, 2.75) is 64.6 Å². The summed E-state index contributed by atoms with van der Waals surface area (Å²) < 4.78 is 2.26. The molecule has 0 aliphatic carbocycles. The van der Waals surface area contributed by atoms with Gasteiger partial charge in [0.05, 0.1) is 6.04 Å². The highest BCUT2D eigenvalue weighted by Crippen LogP contribution is 2.35. The molecule has 1 aromatic rings. The second kappa shape index (κ2) is 6.72. The fraction of sp³-hybridized carbons (Fsp3) is 0.812. The van der Waals surface area contributed by atoms with E-state index in [4.69, 9.17) is 0 Å². The molecule has 20 heavy (non-hydrogen) atoms. The molecule has 4 heteroatoms. The van der Waals surface area contributed by atoms with Crippen LogP contribution in [0.3, 0.4) is 0 Å². The third kappa shape index (κ3) is 2.77. The molecule has 4 nitrogen and oxygen atoms in total. The van der Waals surface area contributed by atoms with Gasteiger partial charge in [-0.15, -0.1) is 0 Å². The van der Waals surface area contributed by atoms with Crippen molar-refractivity contribution < 1.29 is 0 Å². The molecule has 1 aliphatic heterocycles. The summed E-state index contributed by atoms with van der Waals surface area (Å²) in [6.07, 6.45) is 9.18. The Morgan fingerprint density at radius 1 is 1.30 bits per heavy atom. The van der Waals surface area contributed by atoms with Gasteiger partial charge in [-0.25, -0.2) is 4.98 Å². The first-order chi connectivity index (χ1) is 9.67. The van der Waals surface area contributed by atoms with E-state index in [1.54, 1.807) is 0 Å². The molecule has 1 N–H and O–H groups in total. The molecule has 2 heterocycles. The summed E-state index contributed by atoms with van der Waals surface area (Å²) in [7, 11) is 2.07. The van der Waals surface area contributed by atoms with Gasteiger partial charge >= 0.3 is 0 Å². The fourth-order valence-electron chi connectivity index (χ4n) is 3.58. The lowest BCUT2D eigenvalue weighted by molar-refractivity contribution is 0.0411. The van der Waals surface area contributed by atoms with Crippen molar-refractivity contribution in [2.24, 2.45) is 0 Å². The van der Waals surface area contributed by atoms with E-state index < -0.39 is 0 Å². The maximum atomic E-state index is 4.64. The molecule has 1 fully saturated rings. The van der Waals surface area contributed by atoms with Crippen molar-refractivity contribution in [3.8, 4) is 0 Å². The van der Waals surface area contributed by atoms with Crippen molar-refractivity contribution in [1.82, 2.24) is 19.8 Å². The average molecular weight is 278 g/mol. The van der Waals surface area contributed by atoms with E-state index in [2.05, 4.69) is 53.8 Å². The predicted octanol–water partition coefficient (Wildman–Crippen LogP) is 2.82. The molecule has 0 spiro atoms. The van der Waals surface area contributed by atoms with Crippen LogP contribution in [-0.2, 0) is 6.54 Å². The zero-order valence-electron chi connectivity index (χ0n) is 13.5. The first kappa shape index (κ1) is 15.5. The minimum absolute atomic E-state index is 0.132. The van der Waals surface area contributed by atoms with Gasteiger partial charge in [-0.2, -0.15) is 0 Å². The van der Waals surface area contributed by atoms with Crippen LogP contribution in [0.25, 0.3) is 0 Å². The Hall–Kier alpha value is -0.870. The van der Waals surface area contributed by atoms with E-state index in [1.165, 1.54) is 38.2 Å². The number of imidazole rings is 1. The topological polar surface area (TPSA) is 33.1 Å². The highest BCUT2D eigenvalue weighted by molar-refractivity contribution is 5.10. The molecule has 1 aromatic heterocycles. The van der Waals surface area contributed by atoms with Crippen molar-refractivity contribution >= 4 is 0 Å². The number of aryl methyl sites for hydroxylation is 1. The second-order valence-electron chi connectivity index (χ2n) is 6.05. The Morgan fingerprint density at radius 3 is 2.55 bits per heavy atom. The third-order valence-corrected chi connectivity index (χ3v) is 5.05. The highest BCUT2D eigenvalue weighted by atomic mass is 15.2. The number of hydrogen-bond acceptors (Lipinski definition) is 3. The molecule has 0 bridgehead atoms. The molecule has 2 unspecified atom stereocenters. The highest BCUT2D eigenvalue weighted by Gasteiger charge is 2.40. The van der Waals surface area contributed by atoms with Gasteiger partial charge in [0.2, 0.25) is 0 Å². The maximum absolute atomic E-state index is 4.64. The third-order valence-electron chi connectivity index (χ3n) is 5.05. The zero-order valence-corrected chi connectivity index (χ0v) is 13.5. The largest absolute Gasteiger partial charge is 0.334 e. The second-order valence-corrected chi connectivity index (χ2v) is 6.05. The number of piperidine rings is 1. The van der Waals surface area contributed by atoms with Crippen LogP contribution < -0.4 is 5.32 Å². The molecule has 1 saturated heterocycles. The lowest BCUT2D eigenvalue weighted by Gasteiger charge is -2.47. The molecular formula is C16H30N4. The quantitative estimate of drug-likeness (QED) is 0.868. The minimum atomic E-state index is 0.132. The smallest absolute Gasteiger partial charge is 0.127 e. The first-order valence-electron chi connectivity index (χ1n) is 8.10. The SMILES string of the molecule is CCn1ccnc1C(NC)C(C)(CC)N1CCCCC1. The standard InChI is InChI=1S/C16H30N4/c1-5-16(3,20-11-8-7-9-12-20)14(17-4)15-18-10-13-19(15)6-2/h10,13-14,17H,5-9,11-12H2,1-4H3. The number of aromatic nitrogens is 2. The molecular weight excluding hydrogens is 248 g/mol. The monoisotopic (exact) mass is 278 g/mol. The van der Waals surface area contributed by atoms with Crippen LogP contribution in [0.4, 0.5) is 0 Å². The minimum Gasteiger partial charge on any atom is -0.334 e. The normalized spacial score (nSPS) is 21.6. The van der Waals surface area contributed by atoms with Gasteiger partial charge in [0.1, 0.15) is 5.82 Å². The zero-order chi connectivity index (χ0) is 14.6.